The Balaban J connectivity index is 1.54. The normalized spacial score (nSPS) is 13.6. The van der Waals surface area contributed by atoms with Crippen molar-refractivity contribution in [3.63, 3.8) is 0 Å². The van der Waals surface area contributed by atoms with Gasteiger partial charge in [0.2, 0.25) is 41.4 Å². The summed E-state index contributed by atoms with van der Waals surface area (Å²) >= 11 is 1.15. The molecule has 0 aromatic heterocycles. The van der Waals surface area contributed by atoms with Crippen LogP contribution in [-0.2, 0) is 51.3 Å². The van der Waals surface area contributed by atoms with Gasteiger partial charge in [0, 0.05) is 30.8 Å². The number of nitrogens with zero attached hydrogens (tertiary/aromatic N) is 3. The Morgan fingerprint density at radius 3 is 1.94 bits per heavy atom. The van der Waals surface area contributed by atoms with E-state index in [0.29, 0.717) is 17.0 Å². The lowest BCUT2D eigenvalue weighted by molar-refractivity contribution is -0.154. The van der Waals surface area contributed by atoms with Crippen molar-refractivity contribution < 1.29 is 52.6 Å². The number of hydrogen-bond acceptors (Lipinski definition) is 12. The fourth-order valence-corrected chi connectivity index (χ4v) is 6.93. The number of anilines is 1. The molecule has 1 heterocycles. The first-order chi connectivity index (χ1) is 30.9. The zero-order valence-corrected chi connectivity index (χ0v) is 37.5. The molecule has 0 radical (unpaired) electrons. The molecule has 1 fully saturated rings. The summed E-state index contributed by atoms with van der Waals surface area (Å²) in [5.74, 6) is -3.36. The topological polar surface area (TPSA) is 294 Å². The SMILES string of the molecule is C=CC(=O)N1CN(C(=O)C=C)CN(C(=O)CCSCC(=O)N[C@H](C(=O)N[C@@H](CCCNC(N)=O)C(=O)Nc2ccc(COC(=O)N[C@@H](Cc3ccc(OC)cc3)C(N)=O)cc2)C(C)C)C1. The molecule has 21 nitrogen and oxygen atoms in total. The number of methoxy groups -OCH3 is 1. The van der Waals surface area contributed by atoms with Crippen LogP contribution in [0.2, 0.25) is 0 Å². The fraction of sp³-hybridized carbons (Fsp3) is 0.419. The first kappa shape index (κ1) is 52.2. The number of carbonyl (C=O) groups is 9. The molecular weight excluding hydrogens is 865 g/mol. The third-order valence-electron chi connectivity index (χ3n) is 9.74. The molecule has 352 valence electrons. The van der Waals surface area contributed by atoms with Gasteiger partial charge in [-0.15, -0.1) is 0 Å². The van der Waals surface area contributed by atoms with Gasteiger partial charge in [0.1, 0.15) is 30.5 Å². The van der Waals surface area contributed by atoms with Crippen molar-refractivity contribution in [1.82, 2.24) is 36.0 Å². The van der Waals surface area contributed by atoms with E-state index in [2.05, 4.69) is 39.7 Å². The van der Waals surface area contributed by atoms with Gasteiger partial charge in [-0.2, -0.15) is 11.8 Å². The van der Waals surface area contributed by atoms with E-state index in [1.54, 1.807) is 62.4 Å². The summed E-state index contributed by atoms with van der Waals surface area (Å²) < 4.78 is 10.4. The number of nitrogens with one attached hydrogen (secondary N) is 5. The number of thioether (sulfide) groups is 1. The number of nitrogens with two attached hydrogens (primary N) is 2. The summed E-state index contributed by atoms with van der Waals surface area (Å²) in [5, 5.41) is 13.1. The largest absolute Gasteiger partial charge is 0.497 e. The molecule has 65 heavy (non-hydrogen) atoms. The third-order valence-corrected chi connectivity index (χ3v) is 10.7. The number of amides is 10. The quantitative estimate of drug-likeness (QED) is 0.0571. The Kier molecular flexibility index (Phi) is 21.3. The molecule has 0 aliphatic carbocycles. The molecule has 3 atom stereocenters. The minimum Gasteiger partial charge on any atom is -0.497 e. The third kappa shape index (κ3) is 17.9. The van der Waals surface area contributed by atoms with E-state index < -0.39 is 71.6 Å². The highest BCUT2D eigenvalue weighted by atomic mass is 32.2. The van der Waals surface area contributed by atoms with Crippen LogP contribution >= 0.6 is 11.8 Å². The maximum Gasteiger partial charge on any atom is 0.408 e. The Labute approximate surface area is 381 Å². The predicted octanol–water partition coefficient (Wildman–Crippen LogP) is 0.898. The second-order valence-electron chi connectivity index (χ2n) is 15.0. The van der Waals surface area contributed by atoms with Gasteiger partial charge in [-0.05, 0) is 66.3 Å². The maximum atomic E-state index is 13.6. The Morgan fingerprint density at radius 2 is 1.38 bits per heavy atom. The molecule has 2 aromatic carbocycles. The highest BCUT2D eigenvalue weighted by Crippen LogP contribution is 2.16. The summed E-state index contributed by atoms with van der Waals surface area (Å²) in [6.45, 7) is 10.2. The fourth-order valence-electron chi connectivity index (χ4n) is 6.19. The van der Waals surface area contributed by atoms with Gasteiger partial charge in [-0.25, -0.2) is 9.59 Å². The minimum atomic E-state index is -1.11. The molecule has 9 N–H and O–H groups in total. The maximum absolute atomic E-state index is 13.6. The van der Waals surface area contributed by atoms with Crippen LogP contribution in [0.25, 0.3) is 0 Å². The van der Waals surface area contributed by atoms with Crippen molar-refractivity contribution in [3.8, 4) is 5.75 Å². The number of alkyl carbamates (subject to hydrolysis) is 1. The van der Waals surface area contributed by atoms with Crippen molar-refractivity contribution in [2.24, 2.45) is 17.4 Å². The van der Waals surface area contributed by atoms with E-state index >= 15 is 0 Å². The van der Waals surface area contributed by atoms with Gasteiger partial charge in [0.15, 0.2) is 0 Å². The van der Waals surface area contributed by atoms with Crippen LogP contribution in [0.5, 0.6) is 5.75 Å². The zero-order valence-electron chi connectivity index (χ0n) is 36.7. The molecule has 0 unspecified atom stereocenters. The summed E-state index contributed by atoms with van der Waals surface area (Å²) in [5.41, 5.74) is 12.3. The van der Waals surface area contributed by atoms with Crippen LogP contribution in [0.1, 0.15) is 44.2 Å². The number of hydrogen-bond donors (Lipinski definition) is 7. The molecule has 2 aromatic rings. The molecule has 22 heteroatoms. The van der Waals surface area contributed by atoms with Gasteiger partial charge >= 0.3 is 12.1 Å². The summed E-state index contributed by atoms with van der Waals surface area (Å²) in [7, 11) is 1.53. The van der Waals surface area contributed by atoms with E-state index in [9.17, 15) is 43.2 Å². The standard InChI is InChI=1S/C43H58N10O11S/c1-6-35(55)51-24-52(36(56)7-2)26-53(25-51)37(57)18-20-65-23-34(54)50-38(27(3)4)41(60)48-32(9-8-19-46-42(45)61)40(59)47-30-14-10-29(11-15-30)22-64-43(62)49-33(39(44)58)21-28-12-16-31(63-5)17-13-28/h6-7,10-17,27,32-33,38H,1-2,8-9,18-26H2,3-5H3,(H2,44,58)(H,47,59)(H,48,60)(H,49,62)(H,50,54)(H3,45,46,61)/t32-,33-,38-/m0/s1. The molecule has 0 spiro atoms. The molecule has 1 aliphatic rings. The lowest BCUT2D eigenvalue weighted by atomic mass is 10.0. The average Bonchev–Trinajstić information content (AvgIpc) is 3.29. The van der Waals surface area contributed by atoms with Crippen LogP contribution in [0.4, 0.5) is 15.3 Å². The van der Waals surface area contributed by atoms with Crippen molar-refractivity contribution >= 4 is 70.9 Å². The number of rotatable bonds is 24. The average molecular weight is 923 g/mol. The Hall–Kier alpha value is -7.10. The first-order valence-electron chi connectivity index (χ1n) is 20.5. The summed E-state index contributed by atoms with van der Waals surface area (Å²) in [6.07, 6.45) is 1.78. The summed E-state index contributed by atoms with van der Waals surface area (Å²) in [6, 6.07) is 9.30. The van der Waals surface area contributed by atoms with Crippen molar-refractivity contribution in [2.45, 2.75) is 64.3 Å². The van der Waals surface area contributed by atoms with E-state index in [4.69, 9.17) is 20.9 Å². The lowest BCUT2D eigenvalue weighted by Gasteiger charge is -2.41. The van der Waals surface area contributed by atoms with Gasteiger partial charge in [0.05, 0.1) is 32.9 Å². The second-order valence-corrected chi connectivity index (χ2v) is 16.1. The van der Waals surface area contributed by atoms with Crippen molar-refractivity contribution in [2.75, 3.05) is 50.5 Å². The van der Waals surface area contributed by atoms with E-state index in [-0.39, 0.29) is 76.3 Å². The van der Waals surface area contributed by atoms with Crippen LogP contribution in [0.15, 0.2) is 73.8 Å². The molecule has 0 bridgehead atoms. The molecule has 1 saturated heterocycles. The molecule has 1 aliphatic heterocycles. The van der Waals surface area contributed by atoms with Crippen molar-refractivity contribution in [1.29, 1.82) is 0 Å². The van der Waals surface area contributed by atoms with Crippen LogP contribution in [-0.4, -0.2) is 131 Å². The number of carbonyl (C=O) groups excluding carboxylic acids is 9. The molecular formula is C43H58N10O11S. The molecule has 3 rings (SSSR count). The summed E-state index contributed by atoms with van der Waals surface area (Å²) in [4.78, 5) is 117. The molecule has 10 amide bonds. The first-order valence-corrected chi connectivity index (χ1v) is 21.7. The number of urea groups is 1. The monoisotopic (exact) mass is 922 g/mol. The van der Waals surface area contributed by atoms with Gasteiger partial charge in [-0.1, -0.05) is 51.3 Å². The highest BCUT2D eigenvalue weighted by Gasteiger charge is 2.31. The van der Waals surface area contributed by atoms with Crippen LogP contribution in [0.3, 0.4) is 0 Å². The molecule has 0 saturated carbocycles. The minimum absolute atomic E-state index is 0.00119. The van der Waals surface area contributed by atoms with E-state index in [0.717, 1.165) is 29.5 Å². The number of primary amides is 2. The van der Waals surface area contributed by atoms with Gasteiger partial charge < -0.3 is 62.2 Å². The van der Waals surface area contributed by atoms with E-state index in [1.165, 1.54) is 21.8 Å². The van der Waals surface area contributed by atoms with Crippen LogP contribution < -0.4 is 42.8 Å². The lowest BCUT2D eigenvalue weighted by Crippen LogP contribution is -2.59. The van der Waals surface area contributed by atoms with Gasteiger partial charge in [-0.3, -0.25) is 33.6 Å². The van der Waals surface area contributed by atoms with Crippen molar-refractivity contribution in [3.05, 3.63) is 85.0 Å². The zero-order chi connectivity index (χ0) is 48.1. The second kappa shape index (κ2) is 26.5. The Morgan fingerprint density at radius 1 is 0.785 bits per heavy atom. The van der Waals surface area contributed by atoms with Gasteiger partial charge in [0.25, 0.3) is 0 Å². The highest BCUT2D eigenvalue weighted by molar-refractivity contribution is 7.99. The van der Waals surface area contributed by atoms with Crippen LogP contribution in [0, 0.1) is 5.92 Å². The smallest absolute Gasteiger partial charge is 0.408 e. The van der Waals surface area contributed by atoms with E-state index in [1.807, 2.05) is 0 Å². The number of ether oxygens (including phenoxy) is 2. The number of benzene rings is 2. The Bertz CT molecular complexity index is 2010. The predicted molar refractivity (Wildman–Crippen MR) is 241 cm³/mol.